The first-order valence-electron chi connectivity index (χ1n) is 5.08. The molecule has 0 aliphatic rings. The van der Waals surface area contributed by atoms with Gasteiger partial charge in [0, 0.05) is 12.1 Å². The van der Waals surface area contributed by atoms with Crippen LogP contribution in [0, 0.1) is 6.92 Å². The van der Waals surface area contributed by atoms with Gasteiger partial charge in [-0.15, -0.1) is 0 Å². The van der Waals surface area contributed by atoms with E-state index in [9.17, 15) is 0 Å². The largest absolute Gasteiger partial charge is 0.469 e. The van der Waals surface area contributed by atoms with E-state index in [-0.39, 0.29) is 0 Å². The maximum absolute atomic E-state index is 5.20. The van der Waals surface area contributed by atoms with Crippen LogP contribution in [-0.2, 0) is 6.54 Å². The highest BCUT2D eigenvalue weighted by Gasteiger charge is 1.98. The predicted octanol–water partition coefficient (Wildman–Crippen LogP) is 2.87. The maximum atomic E-state index is 5.20. The predicted molar refractivity (Wildman–Crippen MR) is 54.7 cm³/mol. The monoisotopic (exact) mass is 181 g/mol. The Hall–Kier alpha value is -0.760. The Morgan fingerprint density at radius 1 is 1.38 bits per heavy atom. The van der Waals surface area contributed by atoms with Gasteiger partial charge in [-0.25, -0.2) is 0 Å². The fraction of sp³-hybridized carbons (Fsp3) is 0.636. The van der Waals surface area contributed by atoms with Crippen LogP contribution in [0.25, 0.3) is 0 Å². The number of unbranched alkanes of at least 4 members (excludes halogenated alkanes) is 2. The summed E-state index contributed by atoms with van der Waals surface area (Å²) in [6, 6.07) is 2.03. The molecule has 0 atom stereocenters. The van der Waals surface area contributed by atoms with Crippen molar-refractivity contribution in [1.29, 1.82) is 0 Å². The Labute approximate surface area is 80.3 Å². The van der Waals surface area contributed by atoms with E-state index >= 15 is 0 Å². The zero-order valence-electron chi connectivity index (χ0n) is 8.60. The van der Waals surface area contributed by atoms with E-state index in [0.29, 0.717) is 0 Å². The molecular formula is C11H19NO. The molecule has 0 amide bonds. The van der Waals surface area contributed by atoms with Crippen molar-refractivity contribution in [3.8, 4) is 0 Å². The molecule has 1 aromatic heterocycles. The Bertz CT molecular complexity index is 230. The van der Waals surface area contributed by atoms with Gasteiger partial charge in [-0.3, -0.25) is 0 Å². The van der Waals surface area contributed by atoms with Gasteiger partial charge in [0.25, 0.3) is 0 Å². The molecule has 0 unspecified atom stereocenters. The minimum absolute atomic E-state index is 0.937. The second kappa shape index (κ2) is 5.81. The SMILES string of the molecule is CCCCCNCc1ccoc1C. The van der Waals surface area contributed by atoms with Crippen LogP contribution < -0.4 is 5.32 Å². The lowest BCUT2D eigenvalue weighted by molar-refractivity contribution is 0.525. The second-order valence-corrected chi connectivity index (χ2v) is 3.39. The smallest absolute Gasteiger partial charge is 0.105 e. The number of aryl methyl sites for hydroxylation is 1. The Balaban J connectivity index is 2.10. The Morgan fingerprint density at radius 3 is 2.85 bits per heavy atom. The molecule has 1 N–H and O–H groups in total. The molecular weight excluding hydrogens is 162 g/mol. The number of rotatable bonds is 6. The highest BCUT2D eigenvalue weighted by Crippen LogP contribution is 2.07. The van der Waals surface area contributed by atoms with E-state index in [1.165, 1.54) is 24.8 Å². The summed E-state index contributed by atoms with van der Waals surface area (Å²) < 4.78 is 5.20. The van der Waals surface area contributed by atoms with Gasteiger partial charge in [0.05, 0.1) is 6.26 Å². The van der Waals surface area contributed by atoms with Crippen LogP contribution in [0.15, 0.2) is 16.7 Å². The molecule has 0 bridgehead atoms. The molecule has 1 heterocycles. The van der Waals surface area contributed by atoms with Gasteiger partial charge in [-0.1, -0.05) is 19.8 Å². The summed E-state index contributed by atoms with van der Waals surface area (Å²) in [4.78, 5) is 0. The molecule has 0 radical (unpaired) electrons. The summed E-state index contributed by atoms with van der Waals surface area (Å²) in [6.45, 7) is 6.27. The zero-order valence-corrected chi connectivity index (χ0v) is 8.60. The van der Waals surface area contributed by atoms with Gasteiger partial charge >= 0.3 is 0 Å². The molecule has 2 nitrogen and oxygen atoms in total. The van der Waals surface area contributed by atoms with E-state index in [4.69, 9.17) is 4.42 Å². The highest BCUT2D eigenvalue weighted by molar-refractivity contribution is 5.14. The summed E-state index contributed by atoms with van der Waals surface area (Å²) in [5, 5.41) is 3.40. The van der Waals surface area contributed by atoms with Gasteiger partial charge in [0.2, 0.25) is 0 Å². The van der Waals surface area contributed by atoms with Crippen LogP contribution >= 0.6 is 0 Å². The summed E-state index contributed by atoms with van der Waals surface area (Å²) in [5.74, 6) is 1.03. The minimum Gasteiger partial charge on any atom is -0.469 e. The van der Waals surface area contributed by atoms with E-state index < -0.39 is 0 Å². The topological polar surface area (TPSA) is 25.2 Å². The van der Waals surface area contributed by atoms with E-state index in [0.717, 1.165) is 18.8 Å². The third-order valence-corrected chi connectivity index (χ3v) is 2.24. The number of hydrogen-bond donors (Lipinski definition) is 1. The van der Waals surface area contributed by atoms with Gasteiger partial charge in [0.1, 0.15) is 5.76 Å². The summed E-state index contributed by atoms with van der Waals surface area (Å²) >= 11 is 0. The fourth-order valence-electron chi connectivity index (χ4n) is 1.32. The van der Waals surface area contributed by atoms with Gasteiger partial charge < -0.3 is 9.73 Å². The summed E-state index contributed by atoms with van der Waals surface area (Å²) in [7, 11) is 0. The fourth-order valence-corrected chi connectivity index (χ4v) is 1.32. The molecule has 0 aromatic carbocycles. The van der Waals surface area contributed by atoms with Crippen molar-refractivity contribution in [2.75, 3.05) is 6.54 Å². The molecule has 74 valence electrons. The van der Waals surface area contributed by atoms with Crippen LogP contribution in [0.5, 0.6) is 0 Å². The first kappa shape index (κ1) is 10.3. The number of hydrogen-bond acceptors (Lipinski definition) is 2. The van der Waals surface area contributed by atoms with Crippen LogP contribution in [-0.4, -0.2) is 6.54 Å². The Kier molecular flexibility index (Phi) is 4.61. The average Bonchev–Trinajstić information content (AvgIpc) is 2.52. The first-order valence-corrected chi connectivity index (χ1v) is 5.08. The number of furan rings is 1. The van der Waals surface area contributed by atoms with Crippen molar-refractivity contribution in [3.05, 3.63) is 23.7 Å². The summed E-state index contributed by atoms with van der Waals surface area (Å²) in [6.07, 6.45) is 5.62. The lowest BCUT2D eigenvalue weighted by Gasteiger charge is -2.02. The normalized spacial score (nSPS) is 10.6. The maximum Gasteiger partial charge on any atom is 0.105 e. The molecule has 0 fully saturated rings. The van der Waals surface area contributed by atoms with Gasteiger partial charge in [-0.05, 0) is 26.0 Å². The summed E-state index contributed by atoms with van der Waals surface area (Å²) in [5.41, 5.74) is 1.27. The average molecular weight is 181 g/mol. The van der Waals surface area contributed by atoms with E-state index in [1.54, 1.807) is 6.26 Å². The molecule has 1 rings (SSSR count). The molecule has 13 heavy (non-hydrogen) atoms. The van der Waals surface area contributed by atoms with Crippen LogP contribution in [0.4, 0.5) is 0 Å². The zero-order chi connectivity index (χ0) is 9.52. The molecule has 0 saturated heterocycles. The minimum atomic E-state index is 0.937. The van der Waals surface area contributed by atoms with Crippen LogP contribution in [0.1, 0.15) is 37.5 Å². The molecule has 0 spiro atoms. The molecule has 0 saturated carbocycles. The second-order valence-electron chi connectivity index (χ2n) is 3.39. The molecule has 0 aliphatic heterocycles. The van der Waals surface area contributed by atoms with E-state index in [2.05, 4.69) is 12.2 Å². The van der Waals surface area contributed by atoms with Crippen molar-refractivity contribution in [1.82, 2.24) is 5.32 Å². The lowest BCUT2D eigenvalue weighted by Crippen LogP contribution is -2.14. The quantitative estimate of drug-likeness (QED) is 0.683. The first-order chi connectivity index (χ1) is 6.34. The standard InChI is InChI=1S/C11H19NO/c1-3-4-5-7-12-9-11-6-8-13-10(11)2/h6,8,12H,3-5,7,9H2,1-2H3. The molecule has 2 heteroatoms. The van der Waals surface area contributed by atoms with Crippen molar-refractivity contribution in [2.45, 2.75) is 39.7 Å². The highest BCUT2D eigenvalue weighted by atomic mass is 16.3. The lowest BCUT2D eigenvalue weighted by atomic mass is 10.2. The van der Waals surface area contributed by atoms with Crippen LogP contribution in [0.3, 0.4) is 0 Å². The third kappa shape index (κ3) is 3.64. The third-order valence-electron chi connectivity index (χ3n) is 2.24. The van der Waals surface area contributed by atoms with Gasteiger partial charge in [-0.2, -0.15) is 0 Å². The Morgan fingerprint density at radius 2 is 2.23 bits per heavy atom. The van der Waals surface area contributed by atoms with Crippen molar-refractivity contribution >= 4 is 0 Å². The van der Waals surface area contributed by atoms with Crippen molar-refractivity contribution in [2.24, 2.45) is 0 Å². The van der Waals surface area contributed by atoms with Crippen LogP contribution in [0.2, 0.25) is 0 Å². The van der Waals surface area contributed by atoms with E-state index in [1.807, 2.05) is 13.0 Å². The van der Waals surface area contributed by atoms with Gasteiger partial charge in [0.15, 0.2) is 0 Å². The van der Waals surface area contributed by atoms with Crippen molar-refractivity contribution in [3.63, 3.8) is 0 Å². The molecule has 0 aliphatic carbocycles. The molecule has 1 aromatic rings. The number of nitrogens with one attached hydrogen (secondary N) is 1. The van der Waals surface area contributed by atoms with Crippen molar-refractivity contribution < 1.29 is 4.42 Å².